The van der Waals surface area contributed by atoms with Crippen LogP contribution in [-0.2, 0) is 23.9 Å². The molecular formula is C17H29NO6. The van der Waals surface area contributed by atoms with E-state index < -0.39 is 35.7 Å². The van der Waals surface area contributed by atoms with Crippen molar-refractivity contribution in [1.82, 2.24) is 0 Å². The van der Waals surface area contributed by atoms with E-state index in [0.29, 0.717) is 32.1 Å². The van der Waals surface area contributed by atoms with Crippen LogP contribution in [0.15, 0.2) is 0 Å². The first-order valence-electron chi connectivity index (χ1n) is 8.63. The molecule has 2 unspecified atom stereocenters. The maximum Gasteiger partial charge on any atom is 0.327 e. The molecule has 0 aromatic heterocycles. The van der Waals surface area contributed by atoms with Gasteiger partial charge in [-0.2, -0.15) is 0 Å². The number of hydrogen-bond donors (Lipinski definition) is 2. The zero-order valence-corrected chi connectivity index (χ0v) is 14.7. The van der Waals surface area contributed by atoms with Crippen LogP contribution in [0.5, 0.6) is 0 Å². The summed E-state index contributed by atoms with van der Waals surface area (Å²) in [6.45, 7) is 5.33. The average molecular weight is 343 g/mol. The topological polar surface area (TPSA) is 116 Å². The molecule has 0 aliphatic heterocycles. The Morgan fingerprint density at radius 2 is 1.71 bits per heavy atom. The minimum atomic E-state index is -1.30. The van der Waals surface area contributed by atoms with Crippen molar-refractivity contribution >= 4 is 17.9 Å². The van der Waals surface area contributed by atoms with Crippen molar-refractivity contribution in [3.05, 3.63) is 0 Å². The van der Waals surface area contributed by atoms with Crippen molar-refractivity contribution in [2.45, 2.75) is 78.0 Å². The van der Waals surface area contributed by atoms with Gasteiger partial charge in [0.1, 0.15) is 6.04 Å². The number of carboxylic acid groups (broad SMARTS) is 1. The van der Waals surface area contributed by atoms with Crippen molar-refractivity contribution in [3.8, 4) is 0 Å². The molecule has 0 saturated heterocycles. The van der Waals surface area contributed by atoms with Gasteiger partial charge in [-0.15, -0.1) is 0 Å². The van der Waals surface area contributed by atoms with Crippen molar-refractivity contribution < 1.29 is 29.0 Å². The van der Waals surface area contributed by atoms with Gasteiger partial charge in [0.05, 0.1) is 5.41 Å². The van der Waals surface area contributed by atoms with Gasteiger partial charge in [0, 0.05) is 12.3 Å². The van der Waals surface area contributed by atoms with Crippen LogP contribution < -0.4 is 5.73 Å². The molecule has 0 amide bonds. The molecule has 1 aliphatic rings. The first-order valence-corrected chi connectivity index (χ1v) is 8.63. The maximum absolute atomic E-state index is 12.4. The largest absolute Gasteiger partial charge is 0.481 e. The van der Waals surface area contributed by atoms with Crippen LogP contribution in [0.4, 0.5) is 0 Å². The molecule has 7 nitrogen and oxygen atoms in total. The Morgan fingerprint density at radius 1 is 1.12 bits per heavy atom. The number of rotatable bonds is 8. The van der Waals surface area contributed by atoms with Crippen LogP contribution in [0, 0.1) is 11.3 Å². The predicted octanol–water partition coefficient (Wildman–Crippen LogP) is 2.22. The van der Waals surface area contributed by atoms with Crippen LogP contribution in [0.3, 0.4) is 0 Å². The molecule has 1 aliphatic carbocycles. The zero-order chi connectivity index (χ0) is 18.3. The standard InChI is InChI=1S/C17H29NO6/c1-4-8-12(19)23-15(11(2)3)24-14(20)13(18)17(16(21)22)9-6-5-7-10-17/h11,13,15H,4-10,18H2,1-3H3,(H,21,22). The molecule has 138 valence electrons. The van der Waals surface area contributed by atoms with Gasteiger partial charge in [0.2, 0.25) is 6.29 Å². The molecule has 0 spiro atoms. The summed E-state index contributed by atoms with van der Waals surface area (Å²) in [5, 5.41) is 9.59. The average Bonchev–Trinajstić information content (AvgIpc) is 2.54. The molecule has 0 radical (unpaired) electrons. The highest BCUT2D eigenvalue weighted by molar-refractivity contribution is 5.87. The lowest BCUT2D eigenvalue weighted by Crippen LogP contribution is -2.54. The Balaban J connectivity index is 2.81. The van der Waals surface area contributed by atoms with Gasteiger partial charge >= 0.3 is 17.9 Å². The van der Waals surface area contributed by atoms with Crippen LogP contribution >= 0.6 is 0 Å². The Kier molecular flexibility index (Phi) is 7.66. The van der Waals surface area contributed by atoms with Crippen molar-refractivity contribution in [1.29, 1.82) is 0 Å². The number of ether oxygens (including phenoxy) is 2. The van der Waals surface area contributed by atoms with Crippen molar-refractivity contribution in [3.63, 3.8) is 0 Å². The van der Waals surface area contributed by atoms with E-state index in [4.69, 9.17) is 15.2 Å². The lowest BCUT2D eigenvalue weighted by molar-refractivity contribution is -0.200. The lowest BCUT2D eigenvalue weighted by atomic mass is 9.69. The van der Waals surface area contributed by atoms with Gasteiger partial charge in [-0.3, -0.25) is 14.4 Å². The van der Waals surface area contributed by atoms with Crippen molar-refractivity contribution in [2.24, 2.45) is 17.1 Å². The second-order valence-electron chi connectivity index (χ2n) is 6.79. The smallest absolute Gasteiger partial charge is 0.327 e. The summed E-state index contributed by atoms with van der Waals surface area (Å²) in [5.74, 6) is -2.62. The fraction of sp³-hybridized carbons (Fsp3) is 0.824. The summed E-state index contributed by atoms with van der Waals surface area (Å²) >= 11 is 0. The van der Waals surface area contributed by atoms with Crippen LogP contribution in [0.2, 0.25) is 0 Å². The molecule has 3 N–H and O–H groups in total. The van der Waals surface area contributed by atoms with E-state index in [1.54, 1.807) is 13.8 Å². The maximum atomic E-state index is 12.4. The summed E-state index contributed by atoms with van der Waals surface area (Å²) in [5.41, 5.74) is 4.67. The fourth-order valence-corrected chi connectivity index (χ4v) is 2.94. The number of carbonyl (C=O) groups is 3. The number of aliphatic carboxylic acids is 1. The van der Waals surface area contributed by atoms with E-state index in [1.165, 1.54) is 0 Å². The lowest BCUT2D eigenvalue weighted by Gasteiger charge is -2.37. The molecule has 0 bridgehead atoms. The minimum absolute atomic E-state index is 0.228. The Bertz CT molecular complexity index is 456. The monoisotopic (exact) mass is 343 g/mol. The van der Waals surface area contributed by atoms with Gasteiger partial charge < -0.3 is 20.3 Å². The van der Waals surface area contributed by atoms with E-state index in [-0.39, 0.29) is 12.3 Å². The first kappa shape index (κ1) is 20.4. The number of hydrogen-bond acceptors (Lipinski definition) is 6. The van der Waals surface area contributed by atoms with E-state index in [1.807, 2.05) is 6.92 Å². The molecule has 1 saturated carbocycles. The quantitative estimate of drug-likeness (QED) is 0.512. The second kappa shape index (κ2) is 9.01. The SMILES string of the molecule is CCCC(=O)OC(OC(=O)C(N)C1(C(=O)O)CCCCC1)C(C)C. The highest BCUT2D eigenvalue weighted by Crippen LogP contribution is 2.39. The molecule has 1 fully saturated rings. The van der Waals surface area contributed by atoms with Gasteiger partial charge in [-0.1, -0.05) is 40.0 Å². The highest BCUT2D eigenvalue weighted by Gasteiger charge is 2.49. The molecule has 0 heterocycles. The van der Waals surface area contributed by atoms with Gasteiger partial charge in [0.15, 0.2) is 0 Å². The Hall–Kier alpha value is -1.63. The summed E-state index contributed by atoms with van der Waals surface area (Å²) in [6, 6.07) is -1.28. The highest BCUT2D eigenvalue weighted by atomic mass is 16.7. The molecule has 0 aromatic carbocycles. The zero-order valence-electron chi connectivity index (χ0n) is 14.7. The summed E-state index contributed by atoms with van der Waals surface area (Å²) in [7, 11) is 0. The predicted molar refractivity (Wildman–Crippen MR) is 86.8 cm³/mol. The van der Waals surface area contributed by atoms with Crippen LogP contribution in [0.1, 0.15) is 65.7 Å². The molecule has 0 aromatic rings. The Morgan fingerprint density at radius 3 is 2.17 bits per heavy atom. The second-order valence-corrected chi connectivity index (χ2v) is 6.79. The van der Waals surface area contributed by atoms with Gasteiger partial charge in [0.25, 0.3) is 0 Å². The summed E-state index contributed by atoms with van der Waals surface area (Å²) in [6.07, 6.45) is 2.85. The van der Waals surface area contributed by atoms with E-state index >= 15 is 0 Å². The molecule has 7 heteroatoms. The third kappa shape index (κ3) is 4.93. The number of esters is 2. The van der Waals surface area contributed by atoms with E-state index in [9.17, 15) is 19.5 Å². The third-order valence-electron chi connectivity index (χ3n) is 4.50. The molecular weight excluding hydrogens is 314 g/mol. The molecule has 2 atom stereocenters. The third-order valence-corrected chi connectivity index (χ3v) is 4.50. The Labute approximate surface area is 142 Å². The summed E-state index contributed by atoms with van der Waals surface area (Å²) < 4.78 is 10.4. The number of carbonyl (C=O) groups excluding carboxylic acids is 2. The van der Waals surface area contributed by atoms with E-state index in [2.05, 4.69) is 0 Å². The van der Waals surface area contributed by atoms with Crippen LogP contribution in [-0.4, -0.2) is 35.3 Å². The summed E-state index contributed by atoms with van der Waals surface area (Å²) in [4.78, 5) is 35.8. The molecule has 1 rings (SSSR count). The normalized spacial score (nSPS) is 19.4. The van der Waals surface area contributed by atoms with Crippen LogP contribution in [0.25, 0.3) is 0 Å². The van der Waals surface area contributed by atoms with Crippen molar-refractivity contribution in [2.75, 3.05) is 0 Å². The van der Waals surface area contributed by atoms with E-state index in [0.717, 1.165) is 6.42 Å². The number of carboxylic acids is 1. The van der Waals surface area contributed by atoms with Gasteiger partial charge in [-0.25, -0.2) is 0 Å². The first-order chi connectivity index (χ1) is 11.2. The molecule has 24 heavy (non-hydrogen) atoms. The van der Waals surface area contributed by atoms with Gasteiger partial charge in [-0.05, 0) is 19.3 Å². The minimum Gasteiger partial charge on any atom is -0.481 e. The number of nitrogens with two attached hydrogens (primary N) is 1. The fourth-order valence-electron chi connectivity index (χ4n) is 2.94.